The third kappa shape index (κ3) is 3.32. The molecule has 0 unspecified atom stereocenters. The fourth-order valence-electron chi connectivity index (χ4n) is 3.05. The number of hydrogen-bond acceptors (Lipinski definition) is 5. The van der Waals surface area contributed by atoms with Crippen LogP contribution in [0.4, 0.5) is 5.69 Å². The van der Waals surface area contributed by atoms with Crippen molar-refractivity contribution in [2.45, 2.75) is 19.3 Å². The van der Waals surface area contributed by atoms with Crippen molar-refractivity contribution in [3.05, 3.63) is 40.5 Å². The number of aromatic amines is 1. The number of nitrogens with zero attached hydrogens (tertiary/aromatic N) is 2. The van der Waals surface area contributed by atoms with Crippen LogP contribution in [0, 0.1) is 5.92 Å². The van der Waals surface area contributed by atoms with Gasteiger partial charge in [-0.3, -0.25) is 9.89 Å². The van der Waals surface area contributed by atoms with Crippen molar-refractivity contribution in [1.82, 2.24) is 20.5 Å². The largest absolute Gasteiger partial charge is 0.321 e. The van der Waals surface area contributed by atoms with Crippen LogP contribution in [-0.2, 0) is 6.42 Å². The van der Waals surface area contributed by atoms with E-state index in [1.165, 1.54) is 24.2 Å². The zero-order valence-electron chi connectivity index (χ0n) is 13.2. The Hall–Kier alpha value is -2.25. The van der Waals surface area contributed by atoms with Crippen LogP contribution in [-0.4, -0.2) is 34.2 Å². The van der Waals surface area contributed by atoms with Crippen LogP contribution in [0.5, 0.6) is 0 Å². The van der Waals surface area contributed by atoms with E-state index >= 15 is 0 Å². The van der Waals surface area contributed by atoms with Crippen molar-refractivity contribution in [3.8, 4) is 0 Å². The normalized spacial score (nSPS) is 15.7. The van der Waals surface area contributed by atoms with Crippen LogP contribution < -0.4 is 10.6 Å². The van der Waals surface area contributed by atoms with Crippen molar-refractivity contribution < 1.29 is 4.79 Å². The molecule has 0 saturated carbocycles. The molecule has 124 valence electrons. The van der Waals surface area contributed by atoms with Gasteiger partial charge in [-0.15, -0.1) is 11.3 Å². The number of fused-ring (bicyclic) bond motifs is 1. The van der Waals surface area contributed by atoms with Gasteiger partial charge in [-0.1, -0.05) is 0 Å². The molecule has 7 heteroatoms. The van der Waals surface area contributed by atoms with Gasteiger partial charge >= 0.3 is 0 Å². The van der Waals surface area contributed by atoms with Crippen LogP contribution in [0.25, 0.3) is 10.9 Å². The highest BCUT2D eigenvalue weighted by Gasteiger charge is 2.17. The number of aromatic nitrogens is 3. The zero-order chi connectivity index (χ0) is 16.4. The number of benzene rings is 1. The Morgan fingerprint density at radius 3 is 3.04 bits per heavy atom. The number of anilines is 1. The molecule has 2 aromatic heterocycles. The van der Waals surface area contributed by atoms with Gasteiger partial charge in [0, 0.05) is 17.5 Å². The highest BCUT2D eigenvalue weighted by atomic mass is 32.1. The van der Waals surface area contributed by atoms with E-state index in [9.17, 15) is 4.79 Å². The summed E-state index contributed by atoms with van der Waals surface area (Å²) in [7, 11) is 0. The smallest absolute Gasteiger partial charge is 0.267 e. The molecule has 4 rings (SSSR count). The van der Waals surface area contributed by atoms with Crippen LogP contribution in [0.3, 0.4) is 0 Å². The Labute approximate surface area is 143 Å². The number of hydrogen-bond donors (Lipinski definition) is 3. The van der Waals surface area contributed by atoms with Gasteiger partial charge in [0.1, 0.15) is 4.88 Å². The van der Waals surface area contributed by atoms with Gasteiger partial charge < -0.3 is 10.6 Å². The Balaban J connectivity index is 1.42. The van der Waals surface area contributed by atoms with Gasteiger partial charge in [0.25, 0.3) is 5.91 Å². The fraction of sp³-hybridized carbons (Fsp3) is 0.353. The predicted octanol–water partition coefficient (Wildman–Crippen LogP) is 2.81. The minimum absolute atomic E-state index is 0.108. The molecule has 0 aliphatic carbocycles. The molecule has 0 radical (unpaired) electrons. The van der Waals surface area contributed by atoms with E-state index in [-0.39, 0.29) is 5.91 Å². The van der Waals surface area contributed by atoms with E-state index in [0.29, 0.717) is 10.8 Å². The summed E-state index contributed by atoms with van der Waals surface area (Å²) < 4.78 is 0. The number of carbonyl (C=O) groups is 1. The van der Waals surface area contributed by atoms with Crippen molar-refractivity contribution in [2.75, 3.05) is 18.4 Å². The Bertz CT molecular complexity index is 849. The molecule has 1 aliphatic rings. The summed E-state index contributed by atoms with van der Waals surface area (Å²) in [4.78, 5) is 17.5. The number of carbonyl (C=O) groups excluding carboxylic acids is 1. The predicted molar refractivity (Wildman–Crippen MR) is 95.5 cm³/mol. The first-order valence-electron chi connectivity index (χ1n) is 8.18. The van der Waals surface area contributed by atoms with Gasteiger partial charge in [0.2, 0.25) is 0 Å². The van der Waals surface area contributed by atoms with E-state index in [2.05, 4.69) is 25.8 Å². The molecule has 3 N–H and O–H groups in total. The first kappa shape index (κ1) is 15.3. The fourth-order valence-corrected chi connectivity index (χ4v) is 3.98. The number of thiazole rings is 1. The lowest BCUT2D eigenvalue weighted by Crippen LogP contribution is -2.28. The van der Waals surface area contributed by atoms with Gasteiger partial charge in [-0.25, -0.2) is 4.98 Å². The summed E-state index contributed by atoms with van der Waals surface area (Å²) in [6.07, 6.45) is 6.79. The maximum absolute atomic E-state index is 12.4. The molecule has 3 aromatic rings. The molecule has 3 heterocycles. The first-order valence-corrected chi connectivity index (χ1v) is 8.99. The molecule has 0 spiro atoms. The molecule has 1 amide bonds. The second kappa shape index (κ2) is 6.70. The Morgan fingerprint density at radius 1 is 1.29 bits per heavy atom. The third-order valence-corrected chi connectivity index (χ3v) is 5.42. The lowest BCUT2D eigenvalue weighted by atomic mass is 9.95. The number of piperidine rings is 1. The monoisotopic (exact) mass is 341 g/mol. The number of rotatable bonds is 4. The van der Waals surface area contributed by atoms with Crippen molar-refractivity contribution >= 4 is 33.8 Å². The van der Waals surface area contributed by atoms with Crippen LogP contribution in [0.1, 0.15) is 27.5 Å². The van der Waals surface area contributed by atoms with Gasteiger partial charge in [0.05, 0.1) is 22.9 Å². The number of amides is 1. The number of nitrogens with one attached hydrogen (secondary N) is 3. The average Bonchev–Trinajstić information content (AvgIpc) is 3.24. The summed E-state index contributed by atoms with van der Waals surface area (Å²) in [5.74, 6) is 0.569. The van der Waals surface area contributed by atoms with E-state index in [4.69, 9.17) is 0 Å². The van der Waals surface area contributed by atoms with Gasteiger partial charge in [-0.2, -0.15) is 5.10 Å². The van der Waals surface area contributed by atoms with E-state index in [1.54, 1.807) is 12.4 Å². The molecule has 6 nitrogen and oxygen atoms in total. The lowest BCUT2D eigenvalue weighted by Gasteiger charge is -2.21. The highest BCUT2D eigenvalue weighted by molar-refractivity contribution is 7.13. The van der Waals surface area contributed by atoms with Crippen LogP contribution in [0.15, 0.2) is 30.6 Å². The van der Waals surface area contributed by atoms with E-state index in [1.807, 2.05) is 18.2 Å². The molecule has 1 saturated heterocycles. The maximum atomic E-state index is 12.4. The number of H-pyrrole nitrogens is 1. The minimum atomic E-state index is -0.108. The van der Waals surface area contributed by atoms with Crippen LogP contribution >= 0.6 is 11.3 Å². The first-order chi connectivity index (χ1) is 11.8. The van der Waals surface area contributed by atoms with Crippen molar-refractivity contribution in [2.24, 2.45) is 5.92 Å². The minimum Gasteiger partial charge on any atom is -0.321 e. The highest BCUT2D eigenvalue weighted by Crippen LogP contribution is 2.23. The molecule has 1 aromatic carbocycles. The summed E-state index contributed by atoms with van der Waals surface area (Å²) in [6.45, 7) is 2.17. The van der Waals surface area contributed by atoms with Crippen molar-refractivity contribution in [3.63, 3.8) is 0 Å². The quantitative estimate of drug-likeness (QED) is 0.681. The van der Waals surface area contributed by atoms with Crippen LogP contribution in [0.2, 0.25) is 0 Å². The van der Waals surface area contributed by atoms with Crippen molar-refractivity contribution in [1.29, 1.82) is 0 Å². The molecular weight excluding hydrogens is 322 g/mol. The summed E-state index contributed by atoms with van der Waals surface area (Å²) >= 11 is 1.50. The Morgan fingerprint density at radius 2 is 2.17 bits per heavy atom. The molecule has 1 aliphatic heterocycles. The zero-order valence-corrected chi connectivity index (χ0v) is 14.0. The standard InChI is InChI=1S/C17H19N5OS/c23-17(21-13-2-1-12-9-20-22-14(12)8-13)15-10-19-16(24-15)7-11-3-5-18-6-4-11/h1-2,8-11,18H,3-7H2,(H,20,22)(H,21,23). The maximum Gasteiger partial charge on any atom is 0.267 e. The van der Waals surface area contributed by atoms with E-state index in [0.717, 1.165) is 41.1 Å². The average molecular weight is 341 g/mol. The van der Waals surface area contributed by atoms with E-state index < -0.39 is 0 Å². The lowest BCUT2D eigenvalue weighted by molar-refractivity contribution is 0.103. The molecular formula is C17H19N5OS. The van der Waals surface area contributed by atoms with Gasteiger partial charge in [0.15, 0.2) is 0 Å². The second-order valence-electron chi connectivity index (χ2n) is 6.14. The molecule has 0 atom stereocenters. The molecule has 24 heavy (non-hydrogen) atoms. The topological polar surface area (TPSA) is 82.7 Å². The Kier molecular flexibility index (Phi) is 4.27. The SMILES string of the molecule is O=C(Nc1ccc2cn[nH]c2c1)c1cnc(CC2CCNCC2)s1. The third-order valence-electron chi connectivity index (χ3n) is 4.40. The molecule has 0 bridgehead atoms. The summed E-state index contributed by atoms with van der Waals surface area (Å²) in [5, 5.41) is 15.3. The summed E-state index contributed by atoms with van der Waals surface area (Å²) in [5.41, 5.74) is 1.66. The molecule has 1 fully saturated rings. The second-order valence-corrected chi connectivity index (χ2v) is 7.26. The van der Waals surface area contributed by atoms with Gasteiger partial charge in [-0.05, 0) is 50.0 Å². The summed E-state index contributed by atoms with van der Waals surface area (Å²) in [6, 6.07) is 5.70.